The highest BCUT2D eigenvalue weighted by Crippen LogP contribution is 2.22. The van der Waals surface area contributed by atoms with E-state index in [0.717, 1.165) is 35.5 Å². The maximum Gasteiger partial charge on any atom is 0.138 e. The first-order valence-corrected chi connectivity index (χ1v) is 9.19. The Morgan fingerprint density at radius 3 is 1.92 bits per heavy atom. The zero-order valence-electron chi connectivity index (χ0n) is 13.6. The molecule has 0 spiro atoms. The molecule has 4 nitrogen and oxygen atoms in total. The minimum absolute atomic E-state index is 0.668. The van der Waals surface area contributed by atoms with Crippen molar-refractivity contribution in [1.82, 2.24) is 9.80 Å². The van der Waals surface area contributed by atoms with Crippen molar-refractivity contribution < 1.29 is 0 Å². The zero-order chi connectivity index (χ0) is 17.6. The maximum absolute atomic E-state index is 8.89. The molecule has 1 saturated heterocycles. The number of nitrogens with zero attached hydrogens (tertiary/aromatic N) is 4. The van der Waals surface area contributed by atoms with Gasteiger partial charge in [0.25, 0.3) is 0 Å². The fraction of sp³-hybridized carbons (Fsp3) is 0.211. The van der Waals surface area contributed by atoms with E-state index in [0.29, 0.717) is 11.1 Å². The van der Waals surface area contributed by atoms with Gasteiger partial charge in [0.1, 0.15) is 4.32 Å². The summed E-state index contributed by atoms with van der Waals surface area (Å²) < 4.78 is 0.903. The van der Waals surface area contributed by atoms with Crippen molar-refractivity contribution in [1.29, 1.82) is 10.5 Å². The van der Waals surface area contributed by atoms with Gasteiger partial charge in [0, 0.05) is 13.1 Å². The van der Waals surface area contributed by atoms with Crippen LogP contribution >= 0.6 is 24.0 Å². The third-order valence-electron chi connectivity index (χ3n) is 3.95. The summed E-state index contributed by atoms with van der Waals surface area (Å²) in [5, 5.41) is 17.8. The summed E-state index contributed by atoms with van der Waals surface area (Å²) >= 11 is 7.17. The van der Waals surface area contributed by atoms with Gasteiger partial charge in [-0.15, -0.1) is 0 Å². The van der Waals surface area contributed by atoms with E-state index < -0.39 is 0 Å². The first-order valence-electron chi connectivity index (χ1n) is 7.80. The second kappa shape index (κ2) is 8.13. The van der Waals surface area contributed by atoms with E-state index in [2.05, 4.69) is 21.9 Å². The fourth-order valence-corrected chi connectivity index (χ4v) is 3.69. The second-order valence-corrected chi connectivity index (χ2v) is 7.40. The molecule has 0 bridgehead atoms. The van der Waals surface area contributed by atoms with Gasteiger partial charge in [-0.05, 0) is 35.4 Å². The van der Waals surface area contributed by atoms with Gasteiger partial charge in [0.2, 0.25) is 0 Å². The Kier molecular flexibility index (Phi) is 5.67. The van der Waals surface area contributed by atoms with Gasteiger partial charge in [0.05, 0.1) is 35.8 Å². The highest BCUT2D eigenvalue weighted by atomic mass is 32.2. The molecule has 6 heteroatoms. The van der Waals surface area contributed by atoms with E-state index in [-0.39, 0.29) is 0 Å². The number of nitriles is 2. The molecule has 0 aromatic heterocycles. The molecule has 0 atom stereocenters. The van der Waals surface area contributed by atoms with Crippen molar-refractivity contribution in [3.8, 4) is 12.1 Å². The highest BCUT2D eigenvalue weighted by Gasteiger charge is 2.21. The van der Waals surface area contributed by atoms with Crippen molar-refractivity contribution >= 4 is 28.3 Å². The van der Waals surface area contributed by atoms with Crippen LogP contribution in [0.15, 0.2) is 48.5 Å². The number of thioether (sulfide) groups is 1. The van der Waals surface area contributed by atoms with Crippen molar-refractivity contribution in [3.63, 3.8) is 0 Å². The summed E-state index contributed by atoms with van der Waals surface area (Å²) in [7, 11) is 0. The van der Waals surface area contributed by atoms with Crippen LogP contribution in [0.1, 0.15) is 22.3 Å². The Morgan fingerprint density at radius 2 is 1.40 bits per heavy atom. The Bertz CT molecular complexity index is 832. The van der Waals surface area contributed by atoms with Crippen molar-refractivity contribution in [2.24, 2.45) is 0 Å². The van der Waals surface area contributed by atoms with Crippen LogP contribution in [0.3, 0.4) is 0 Å². The third kappa shape index (κ3) is 4.58. The van der Waals surface area contributed by atoms with Gasteiger partial charge >= 0.3 is 0 Å². The zero-order valence-corrected chi connectivity index (χ0v) is 15.2. The van der Waals surface area contributed by atoms with Gasteiger partial charge in [-0.25, -0.2) is 0 Å². The number of thiocarbonyl (C=S) groups is 1. The molecule has 0 unspecified atom stereocenters. The molecule has 1 heterocycles. The molecular weight excluding hydrogens is 348 g/mol. The topological polar surface area (TPSA) is 54.1 Å². The Balaban J connectivity index is 1.63. The van der Waals surface area contributed by atoms with Crippen LogP contribution < -0.4 is 0 Å². The molecule has 3 rings (SSSR count). The van der Waals surface area contributed by atoms with E-state index in [4.69, 9.17) is 22.7 Å². The molecule has 1 aliphatic rings. The molecule has 1 aliphatic heterocycles. The summed E-state index contributed by atoms with van der Waals surface area (Å²) in [6, 6.07) is 19.6. The Hall–Kier alpha value is -2.38. The van der Waals surface area contributed by atoms with E-state index in [9.17, 15) is 0 Å². The van der Waals surface area contributed by atoms with Crippen LogP contribution in [0.25, 0.3) is 0 Å². The SMILES string of the molecule is N#Cc1ccc(CN2CSC(=S)N(Cc3ccc(C#N)cc3)C2)cc1. The Labute approximate surface area is 157 Å². The normalized spacial score (nSPS) is 14.8. The molecule has 0 radical (unpaired) electrons. The van der Waals surface area contributed by atoms with Crippen LogP contribution in [-0.2, 0) is 13.1 Å². The average Bonchev–Trinajstić information content (AvgIpc) is 2.66. The lowest BCUT2D eigenvalue weighted by Crippen LogP contribution is -2.43. The molecular formula is C19H16N4S2. The summed E-state index contributed by atoms with van der Waals surface area (Å²) in [6.07, 6.45) is 0. The lowest BCUT2D eigenvalue weighted by Gasteiger charge is -2.36. The smallest absolute Gasteiger partial charge is 0.138 e. The van der Waals surface area contributed by atoms with Crippen molar-refractivity contribution in [2.45, 2.75) is 13.1 Å². The maximum atomic E-state index is 8.89. The quantitative estimate of drug-likeness (QED) is 0.772. The standard InChI is InChI=1S/C19H16N4S2/c20-9-15-1-5-17(6-2-15)11-22-13-23(19(24)25-14-22)12-18-7-3-16(10-21)4-8-18/h1-8H,11-14H2. The lowest BCUT2D eigenvalue weighted by molar-refractivity contribution is 0.201. The highest BCUT2D eigenvalue weighted by molar-refractivity contribution is 8.22. The summed E-state index contributed by atoms with van der Waals surface area (Å²) in [5.74, 6) is 0.864. The number of benzene rings is 2. The second-order valence-electron chi connectivity index (χ2n) is 5.83. The number of hydrogen-bond acceptors (Lipinski definition) is 5. The van der Waals surface area contributed by atoms with Gasteiger partial charge in [0.15, 0.2) is 0 Å². The number of hydrogen-bond donors (Lipinski definition) is 0. The average molecular weight is 364 g/mol. The van der Waals surface area contributed by atoms with Gasteiger partial charge in [-0.1, -0.05) is 48.2 Å². The predicted octanol–water partition coefficient (Wildman–Crippen LogP) is 3.68. The molecule has 1 fully saturated rings. The van der Waals surface area contributed by atoms with E-state index in [1.807, 2.05) is 48.5 Å². The largest absolute Gasteiger partial charge is 0.340 e. The summed E-state index contributed by atoms with van der Waals surface area (Å²) in [6.45, 7) is 2.33. The molecule has 124 valence electrons. The van der Waals surface area contributed by atoms with E-state index in [1.54, 1.807) is 11.8 Å². The van der Waals surface area contributed by atoms with E-state index in [1.165, 1.54) is 5.56 Å². The predicted molar refractivity (Wildman–Crippen MR) is 103 cm³/mol. The minimum Gasteiger partial charge on any atom is -0.340 e. The van der Waals surface area contributed by atoms with Gasteiger partial charge < -0.3 is 4.90 Å². The first kappa shape index (κ1) is 17.4. The fourth-order valence-electron chi connectivity index (χ4n) is 2.64. The van der Waals surface area contributed by atoms with Crippen LogP contribution in [0.5, 0.6) is 0 Å². The van der Waals surface area contributed by atoms with Crippen LogP contribution in [0.4, 0.5) is 0 Å². The molecule has 0 N–H and O–H groups in total. The number of rotatable bonds is 4. The van der Waals surface area contributed by atoms with E-state index >= 15 is 0 Å². The van der Waals surface area contributed by atoms with Crippen LogP contribution in [0.2, 0.25) is 0 Å². The lowest BCUT2D eigenvalue weighted by atomic mass is 10.1. The molecule has 0 saturated carbocycles. The molecule has 0 aliphatic carbocycles. The Morgan fingerprint density at radius 1 is 0.880 bits per heavy atom. The third-order valence-corrected chi connectivity index (χ3v) is 5.56. The summed E-state index contributed by atoms with van der Waals surface area (Å²) in [4.78, 5) is 4.50. The molecule has 2 aromatic carbocycles. The van der Waals surface area contributed by atoms with Crippen LogP contribution in [0, 0.1) is 22.7 Å². The van der Waals surface area contributed by atoms with Gasteiger partial charge in [-0.3, -0.25) is 4.90 Å². The molecule has 2 aromatic rings. The summed E-state index contributed by atoms with van der Waals surface area (Å²) in [5.41, 5.74) is 3.68. The van der Waals surface area contributed by atoms with Crippen molar-refractivity contribution in [2.75, 3.05) is 12.5 Å². The first-order chi connectivity index (χ1) is 12.2. The minimum atomic E-state index is 0.668. The monoisotopic (exact) mass is 364 g/mol. The molecule has 25 heavy (non-hydrogen) atoms. The molecule has 0 amide bonds. The van der Waals surface area contributed by atoms with Crippen LogP contribution in [-0.4, -0.2) is 26.7 Å². The van der Waals surface area contributed by atoms with Gasteiger partial charge in [-0.2, -0.15) is 10.5 Å². The van der Waals surface area contributed by atoms with Crippen molar-refractivity contribution in [3.05, 3.63) is 70.8 Å².